The number of rotatable bonds is 4. The number of carbonyl (C=O) groups excluding carboxylic acids is 1. The van der Waals surface area contributed by atoms with E-state index in [1.165, 1.54) is 12.0 Å². The summed E-state index contributed by atoms with van der Waals surface area (Å²) in [5.41, 5.74) is 0.540. The number of pyridine rings is 1. The average molecular weight is 420 g/mol. The molecule has 3 aliphatic heterocycles. The van der Waals surface area contributed by atoms with Gasteiger partial charge in [-0.1, -0.05) is 30.3 Å². The van der Waals surface area contributed by atoms with Crippen LogP contribution in [0.25, 0.3) is 0 Å². The molecule has 6 heteroatoms. The van der Waals surface area contributed by atoms with Gasteiger partial charge < -0.3 is 19.3 Å². The van der Waals surface area contributed by atoms with E-state index < -0.39 is 5.60 Å². The smallest absolute Gasteiger partial charge is 0.257 e. The maximum Gasteiger partial charge on any atom is 0.257 e. The van der Waals surface area contributed by atoms with E-state index in [9.17, 15) is 4.79 Å². The minimum Gasteiger partial charge on any atom is -0.490 e. The van der Waals surface area contributed by atoms with Crippen LogP contribution in [-0.2, 0) is 9.53 Å². The quantitative estimate of drug-likeness (QED) is 0.748. The average Bonchev–Trinajstić information content (AvgIpc) is 3.30. The van der Waals surface area contributed by atoms with Gasteiger partial charge in [0.1, 0.15) is 17.8 Å². The molecule has 2 aromatic rings. The second kappa shape index (κ2) is 7.52. The van der Waals surface area contributed by atoms with Crippen LogP contribution in [0.4, 0.5) is 5.82 Å². The summed E-state index contributed by atoms with van der Waals surface area (Å²) in [4.78, 5) is 22.4. The number of carbonyl (C=O) groups is 1. The van der Waals surface area contributed by atoms with Gasteiger partial charge in [-0.25, -0.2) is 4.98 Å². The van der Waals surface area contributed by atoms with Crippen molar-refractivity contribution in [3.63, 3.8) is 0 Å². The summed E-state index contributed by atoms with van der Waals surface area (Å²) in [5, 5.41) is 0. The zero-order chi connectivity index (χ0) is 20.8. The minimum absolute atomic E-state index is 0.0819. The third kappa shape index (κ3) is 3.28. The van der Waals surface area contributed by atoms with Crippen LogP contribution in [0.5, 0.6) is 5.75 Å². The van der Waals surface area contributed by atoms with Crippen LogP contribution in [0.3, 0.4) is 0 Å². The molecule has 0 unspecified atom stereocenters. The molecule has 162 valence electrons. The SMILES string of the molecule is O=C1N2[C@@H](CC[C@H]2c2ccccc2)OC12CCN(c1cc(OC3CCC3)ccn1)CC2. The van der Waals surface area contributed by atoms with Gasteiger partial charge in [0.15, 0.2) is 5.60 Å². The van der Waals surface area contributed by atoms with Gasteiger partial charge >= 0.3 is 0 Å². The molecule has 1 saturated carbocycles. The molecule has 2 atom stereocenters. The van der Waals surface area contributed by atoms with Crippen molar-refractivity contribution in [1.82, 2.24) is 9.88 Å². The molecule has 6 rings (SSSR count). The van der Waals surface area contributed by atoms with Crippen LogP contribution >= 0.6 is 0 Å². The van der Waals surface area contributed by atoms with E-state index in [1.807, 2.05) is 41.4 Å². The number of benzene rings is 1. The van der Waals surface area contributed by atoms with Gasteiger partial charge in [-0.3, -0.25) is 4.79 Å². The highest BCUT2D eigenvalue weighted by atomic mass is 16.6. The number of ether oxygens (including phenoxy) is 2. The fourth-order valence-corrected chi connectivity index (χ4v) is 5.47. The van der Waals surface area contributed by atoms with E-state index >= 15 is 0 Å². The first-order valence-corrected chi connectivity index (χ1v) is 11.7. The summed E-state index contributed by atoms with van der Waals surface area (Å²) in [5.74, 6) is 2.01. The minimum atomic E-state index is -0.672. The Morgan fingerprint density at radius 2 is 1.84 bits per heavy atom. The predicted molar refractivity (Wildman–Crippen MR) is 117 cm³/mol. The van der Waals surface area contributed by atoms with Gasteiger partial charge in [-0.15, -0.1) is 0 Å². The first kappa shape index (κ1) is 19.1. The number of fused-ring (bicyclic) bond motifs is 1. The summed E-state index contributed by atoms with van der Waals surface area (Å²) >= 11 is 0. The highest BCUT2D eigenvalue weighted by Crippen LogP contribution is 2.47. The number of anilines is 1. The summed E-state index contributed by atoms with van der Waals surface area (Å²) in [6, 6.07) is 14.5. The molecule has 31 heavy (non-hydrogen) atoms. The van der Waals surface area contributed by atoms with E-state index in [-0.39, 0.29) is 18.2 Å². The molecule has 1 aromatic heterocycles. The molecule has 1 aromatic carbocycles. The number of hydrogen-bond donors (Lipinski definition) is 0. The first-order chi connectivity index (χ1) is 15.2. The van der Waals surface area contributed by atoms with Crippen molar-refractivity contribution >= 4 is 11.7 Å². The van der Waals surface area contributed by atoms with Crippen molar-refractivity contribution in [1.29, 1.82) is 0 Å². The Labute approximate surface area is 183 Å². The highest BCUT2D eigenvalue weighted by Gasteiger charge is 2.57. The number of nitrogens with zero attached hydrogens (tertiary/aromatic N) is 3. The van der Waals surface area contributed by atoms with Gasteiger partial charge in [-0.05, 0) is 43.7 Å². The third-order valence-electron chi connectivity index (χ3n) is 7.47. The second-order valence-electron chi connectivity index (χ2n) is 9.29. The third-order valence-corrected chi connectivity index (χ3v) is 7.47. The Morgan fingerprint density at radius 1 is 1.03 bits per heavy atom. The van der Waals surface area contributed by atoms with E-state index in [2.05, 4.69) is 22.0 Å². The number of piperidine rings is 1. The van der Waals surface area contributed by atoms with Crippen molar-refractivity contribution in [2.75, 3.05) is 18.0 Å². The van der Waals surface area contributed by atoms with Crippen LogP contribution in [0, 0.1) is 0 Å². The van der Waals surface area contributed by atoms with Crippen molar-refractivity contribution in [2.24, 2.45) is 0 Å². The van der Waals surface area contributed by atoms with E-state index in [0.29, 0.717) is 18.9 Å². The van der Waals surface area contributed by atoms with Crippen molar-refractivity contribution in [3.8, 4) is 5.75 Å². The van der Waals surface area contributed by atoms with Crippen molar-refractivity contribution < 1.29 is 14.3 Å². The largest absolute Gasteiger partial charge is 0.490 e. The Bertz CT molecular complexity index is 953. The summed E-state index contributed by atoms with van der Waals surface area (Å²) in [7, 11) is 0. The maximum absolute atomic E-state index is 13.6. The fourth-order valence-electron chi connectivity index (χ4n) is 5.47. The molecule has 0 radical (unpaired) electrons. The van der Waals surface area contributed by atoms with Crippen molar-refractivity contribution in [3.05, 3.63) is 54.2 Å². The van der Waals surface area contributed by atoms with Gasteiger partial charge in [0.05, 0.1) is 12.1 Å². The van der Waals surface area contributed by atoms with Crippen LogP contribution in [-0.4, -0.2) is 46.8 Å². The zero-order valence-electron chi connectivity index (χ0n) is 17.8. The van der Waals surface area contributed by atoms with Crippen LogP contribution < -0.4 is 9.64 Å². The van der Waals surface area contributed by atoms with E-state index in [4.69, 9.17) is 9.47 Å². The fraction of sp³-hybridized carbons (Fsp3) is 0.520. The topological polar surface area (TPSA) is 54.9 Å². The lowest BCUT2D eigenvalue weighted by Crippen LogP contribution is -2.50. The molecule has 4 aliphatic rings. The molecule has 4 fully saturated rings. The van der Waals surface area contributed by atoms with Crippen LogP contribution in [0.15, 0.2) is 48.7 Å². The molecule has 0 bridgehead atoms. The number of amides is 1. The van der Waals surface area contributed by atoms with Gasteiger partial charge in [0.2, 0.25) is 0 Å². The molecule has 0 N–H and O–H groups in total. The van der Waals surface area contributed by atoms with Crippen LogP contribution in [0.2, 0.25) is 0 Å². The number of aromatic nitrogens is 1. The van der Waals surface area contributed by atoms with E-state index in [0.717, 1.165) is 50.3 Å². The Morgan fingerprint density at radius 3 is 2.58 bits per heavy atom. The molecule has 3 saturated heterocycles. The summed E-state index contributed by atoms with van der Waals surface area (Å²) in [6.45, 7) is 1.53. The predicted octanol–water partition coefficient (Wildman–Crippen LogP) is 4.07. The van der Waals surface area contributed by atoms with Crippen molar-refractivity contribution in [2.45, 2.75) is 68.9 Å². The van der Waals surface area contributed by atoms with Gasteiger partial charge in [0.25, 0.3) is 5.91 Å². The molecule has 6 nitrogen and oxygen atoms in total. The Balaban J connectivity index is 1.15. The highest BCUT2D eigenvalue weighted by molar-refractivity contribution is 5.88. The first-order valence-electron chi connectivity index (χ1n) is 11.7. The normalized spacial score (nSPS) is 27.4. The van der Waals surface area contributed by atoms with E-state index in [1.54, 1.807) is 0 Å². The standard InChI is InChI=1S/C25H29N3O3/c29-24-25(31-23-10-9-21(28(23)24)18-5-2-1-3-6-18)12-15-27(16-13-25)22-17-20(11-14-26-22)30-19-7-4-8-19/h1-3,5-6,11,14,17,19,21,23H,4,7-10,12-13,15-16H2/t21-,23+/m0/s1. The monoisotopic (exact) mass is 419 g/mol. The Kier molecular flexibility index (Phi) is 4.64. The Hall–Kier alpha value is -2.60. The lowest BCUT2D eigenvalue weighted by atomic mass is 9.89. The van der Waals surface area contributed by atoms with Crippen LogP contribution in [0.1, 0.15) is 56.6 Å². The molecule has 1 spiro atoms. The lowest BCUT2D eigenvalue weighted by molar-refractivity contribution is -0.140. The summed E-state index contributed by atoms with van der Waals surface area (Å²) in [6.07, 6.45) is 8.94. The molecule has 1 aliphatic carbocycles. The second-order valence-corrected chi connectivity index (χ2v) is 9.29. The molecular weight excluding hydrogens is 390 g/mol. The number of hydrogen-bond acceptors (Lipinski definition) is 5. The maximum atomic E-state index is 13.6. The molecular formula is C25H29N3O3. The lowest BCUT2D eigenvalue weighted by Gasteiger charge is -2.38. The summed E-state index contributed by atoms with van der Waals surface area (Å²) < 4.78 is 12.5. The zero-order valence-corrected chi connectivity index (χ0v) is 17.8. The molecule has 1 amide bonds. The van der Waals surface area contributed by atoms with Gasteiger partial charge in [-0.2, -0.15) is 0 Å². The van der Waals surface area contributed by atoms with Gasteiger partial charge in [0, 0.05) is 38.2 Å². The molecule has 4 heterocycles.